The molecule has 0 bridgehead atoms. The zero-order chi connectivity index (χ0) is 16.0. The fourth-order valence-electron chi connectivity index (χ4n) is 2.09. The Labute approximate surface area is 130 Å². The summed E-state index contributed by atoms with van der Waals surface area (Å²) in [5.41, 5.74) is 0.0189. The predicted molar refractivity (Wildman–Crippen MR) is 82.7 cm³/mol. The summed E-state index contributed by atoms with van der Waals surface area (Å²) in [6, 6.07) is 1.96. The first-order valence-corrected chi connectivity index (χ1v) is 7.61. The lowest BCUT2D eigenvalue weighted by molar-refractivity contribution is 0.0116. The lowest BCUT2D eigenvalue weighted by Crippen LogP contribution is -2.28. The van der Waals surface area contributed by atoms with E-state index in [1.54, 1.807) is 7.11 Å². The Hall–Kier alpha value is -0.710. The Bertz CT molecular complexity index is 466. The molecule has 0 heterocycles. The normalized spacial score (nSPS) is 13.5. The Morgan fingerprint density at radius 1 is 1.29 bits per heavy atom. The fraction of sp³-hybridized carbons (Fsp3) is 0.625. The van der Waals surface area contributed by atoms with E-state index in [2.05, 4.69) is 5.32 Å². The lowest BCUT2D eigenvalue weighted by Gasteiger charge is -2.27. The van der Waals surface area contributed by atoms with Crippen LogP contribution in [0.5, 0.6) is 0 Å². The lowest BCUT2D eigenvalue weighted by atomic mass is 9.94. The van der Waals surface area contributed by atoms with Crippen molar-refractivity contribution in [3.63, 3.8) is 0 Å². The molecule has 0 aromatic heterocycles. The van der Waals surface area contributed by atoms with Crippen molar-refractivity contribution in [2.24, 2.45) is 0 Å². The van der Waals surface area contributed by atoms with Crippen LogP contribution in [-0.4, -0.2) is 19.3 Å². The van der Waals surface area contributed by atoms with Gasteiger partial charge in [-0.2, -0.15) is 0 Å². The average molecular weight is 320 g/mol. The van der Waals surface area contributed by atoms with Crippen LogP contribution in [0.25, 0.3) is 0 Å². The van der Waals surface area contributed by atoms with Gasteiger partial charge in [0.25, 0.3) is 0 Å². The van der Waals surface area contributed by atoms with Crippen molar-refractivity contribution in [1.82, 2.24) is 5.32 Å². The molecule has 0 amide bonds. The second-order valence-electron chi connectivity index (χ2n) is 5.80. The van der Waals surface area contributed by atoms with Crippen LogP contribution in [0.4, 0.5) is 8.78 Å². The molecule has 1 rings (SSSR count). The average Bonchev–Trinajstić information content (AvgIpc) is 2.43. The molecule has 0 saturated heterocycles. The van der Waals surface area contributed by atoms with Gasteiger partial charge in [0.15, 0.2) is 0 Å². The van der Waals surface area contributed by atoms with E-state index in [1.807, 2.05) is 20.8 Å². The summed E-state index contributed by atoms with van der Waals surface area (Å²) in [6.07, 6.45) is 2.30. The summed E-state index contributed by atoms with van der Waals surface area (Å²) in [4.78, 5) is 0. The molecule has 1 aromatic carbocycles. The fourth-order valence-corrected chi connectivity index (χ4v) is 2.24. The van der Waals surface area contributed by atoms with Gasteiger partial charge in [-0.15, -0.1) is 0 Å². The van der Waals surface area contributed by atoms with E-state index in [0.717, 1.165) is 25.5 Å². The summed E-state index contributed by atoms with van der Waals surface area (Å²) in [7, 11) is 1.65. The predicted octanol–water partition coefficient (Wildman–Crippen LogP) is 4.86. The zero-order valence-electron chi connectivity index (χ0n) is 13.1. The van der Waals surface area contributed by atoms with Gasteiger partial charge < -0.3 is 10.1 Å². The molecule has 2 nitrogen and oxygen atoms in total. The maximum atomic E-state index is 14.1. The molecule has 1 atom stereocenters. The molecule has 0 aliphatic carbocycles. The minimum Gasteiger partial charge on any atom is -0.379 e. The first-order chi connectivity index (χ1) is 9.80. The minimum absolute atomic E-state index is 0.192. The molecule has 0 fully saturated rings. The van der Waals surface area contributed by atoms with Crippen molar-refractivity contribution in [2.45, 2.75) is 51.7 Å². The van der Waals surface area contributed by atoms with E-state index in [4.69, 9.17) is 16.3 Å². The molecule has 0 spiro atoms. The van der Waals surface area contributed by atoms with Gasteiger partial charge in [0.1, 0.15) is 11.6 Å². The molecule has 21 heavy (non-hydrogen) atoms. The van der Waals surface area contributed by atoms with Crippen molar-refractivity contribution < 1.29 is 13.5 Å². The highest BCUT2D eigenvalue weighted by Crippen LogP contribution is 2.29. The number of methoxy groups -OCH3 is 1. The van der Waals surface area contributed by atoms with Gasteiger partial charge in [0, 0.05) is 18.7 Å². The molecular formula is C16H24ClF2NO. The van der Waals surface area contributed by atoms with E-state index in [0.29, 0.717) is 12.0 Å². The molecule has 1 unspecified atom stereocenters. The van der Waals surface area contributed by atoms with E-state index < -0.39 is 11.6 Å². The molecule has 120 valence electrons. The summed E-state index contributed by atoms with van der Waals surface area (Å²) in [6.45, 7) is 6.72. The summed E-state index contributed by atoms with van der Waals surface area (Å²) in [5.74, 6) is -1.08. The first-order valence-electron chi connectivity index (χ1n) is 7.23. The number of hydrogen-bond acceptors (Lipinski definition) is 2. The van der Waals surface area contributed by atoms with Crippen LogP contribution in [-0.2, 0) is 4.74 Å². The number of ether oxygens (including phenoxy) is 1. The SMILES string of the molecule is CCCNC(CCC(C)(C)OC)c1cc(F)c(Cl)cc1F. The van der Waals surface area contributed by atoms with Crippen LogP contribution >= 0.6 is 11.6 Å². The Balaban J connectivity index is 2.94. The Kier molecular flexibility index (Phi) is 7.04. The number of nitrogens with one attached hydrogen (secondary N) is 1. The van der Waals surface area contributed by atoms with Crippen molar-refractivity contribution in [3.05, 3.63) is 34.4 Å². The van der Waals surface area contributed by atoms with E-state index in [9.17, 15) is 8.78 Å². The monoisotopic (exact) mass is 319 g/mol. The first kappa shape index (κ1) is 18.3. The quantitative estimate of drug-likeness (QED) is 0.691. The van der Waals surface area contributed by atoms with Gasteiger partial charge >= 0.3 is 0 Å². The third kappa shape index (κ3) is 5.53. The largest absolute Gasteiger partial charge is 0.379 e. The molecule has 0 radical (unpaired) electrons. The Morgan fingerprint density at radius 3 is 2.52 bits per heavy atom. The van der Waals surface area contributed by atoms with Gasteiger partial charge in [-0.05, 0) is 51.8 Å². The van der Waals surface area contributed by atoms with Gasteiger partial charge in [0.05, 0.1) is 10.6 Å². The number of halogens is 3. The maximum absolute atomic E-state index is 14.1. The summed E-state index contributed by atoms with van der Waals surface area (Å²) >= 11 is 5.61. The molecular weight excluding hydrogens is 296 g/mol. The van der Waals surface area contributed by atoms with Crippen LogP contribution < -0.4 is 5.32 Å². The van der Waals surface area contributed by atoms with Crippen LogP contribution in [0, 0.1) is 11.6 Å². The maximum Gasteiger partial charge on any atom is 0.142 e. The molecule has 1 N–H and O–H groups in total. The third-order valence-electron chi connectivity index (χ3n) is 3.64. The molecule has 1 aromatic rings. The van der Waals surface area contributed by atoms with Crippen molar-refractivity contribution in [2.75, 3.05) is 13.7 Å². The third-order valence-corrected chi connectivity index (χ3v) is 3.93. The van der Waals surface area contributed by atoms with Gasteiger partial charge in [0.2, 0.25) is 0 Å². The van der Waals surface area contributed by atoms with E-state index in [-0.39, 0.29) is 16.7 Å². The summed E-state index contributed by atoms with van der Waals surface area (Å²) < 4.78 is 33.1. The number of rotatable bonds is 8. The highest BCUT2D eigenvalue weighted by atomic mass is 35.5. The smallest absolute Gasteiger partial charge is 0.142 e. The molecule has 5 heteroatoms. The highest BCUT2D eigenvalue weighted by molar-refractivity contribution is 6.30. The van der Waals surface area contributed by atoms with Crippen molar-refractivity contribution >= 4 is 11.6 Å². The van der Waals surface area contributed by atoms with E-state index >= 15 is 0 Å². The van der Waals surface area contributed by atoms with Gasteiger partial charge in [-0.1, -0.05) is 18.5 Å². The van der Waals surface area contributed by atoms with Crippen LogP contribution in [0.2, 0.25) is 5.02 Å². The molecule has 0 aliphatic heterocycles. The second kappa shape index (κ2) is 8.06. The second-order valence-corrected chi connectivity index (χ2v) is 6.20. The van der Waals surface area contributed by atoms with E-state index in [1.165, 1.54) is 6.07 Å². The topological polar surface area (TPSA) is 21.3 Å². The van der Waals surface area contributed by atoms with Crippen molar-refractivity contribution in [3.8, 4) is 0 Å². The van der Waals surface area contributed by atoms with Crippen LogP contribution in [0.15, 0.2) is 12.1 Å². The number of hydrogen-bond donors (Lipinski definition) is 1. The number of benzene rings is 1. The van der Waals surface area contributed by atoms with Gasteiger partial charge in [-0.3, -0.25) is 0 Å². The summed E-state index contributed by atoms with van der Waals surface area (Å²) in [5, 5.41) is 3.07. The Morgan fingerprint density at radius 2 is 1.95 bits per heavy atom. The van der Waals surface area contributed by atoms with Gasteiger partial charge in [-0.25, -0.2) is 8.78 Å². The van der Waals surface area contributed by atoms with Crippen LogP contribution in [0.1, 0.15) is 51.6 Å². The van der Waals surface area contributed by atoms with Crippen LogP contribution in [0.3, 0.4) is 0 Å². The molecule has 0 aliphatic rings. The standard InChI is InChI=1S/C16H24ClF2NO/c1-5-8-20-15(6-7-16(2,3)21-4)11-9-14(19)12(17)10-13(11)18/h9-10,15,20H,5-8H2,1-4H3. The van der Waals surface area contributed by atoms with Crippen molar-refractivity contribution in [1.29, 1.82) is 0 Å². The minimum atomic E-state index is -0.595. The highest BCUT2D eigenvalue weighted by Gasteiger charge is 2.22. The molecule has 0 saturated carbocycles. The zero-order valence-corrected chi connectivity index (χ0v) is 13.9.